The van der Waals surface area contributed by atoms with Gasteiger partial charge in [-0.1, -0.05) is 18.3 Å². The van der Waals surface area contributed by atoms with Crippen LogP contribution < -0.4 is 5.32 Å². The first-order chi connectivity index (χ1) is 10.5. The summed E-state index contributed by atoms with van der Waals surface area (Å²) in [5.74, 6) is -3.33. The number of anilines is 1. The zero-order valence-electron chi connectivity index (χ0n) is 11.5. The molecule has 0 bridgehead atoms. The SMILES string of the molecule is CCc1nnc(NC(=O)/C=C/C(=O)c2ccc(F)c(F)c2)s1. The molecule has 0 radical (unpaired) electrons. The number of ketones is 1. The second-order valence-corrected chi connectivity index (χ2v) is 5.23. The lowest BCUT2D eigenvalue weighted by atomic mass is 10.1. The van der Waals surface area contributed by atoms with E-state index in [1.54, 1.807) is 0 Å². The lowest BCUT2D eigenvalue weighted by molar-refractivity contribution is -0.111. The first kappa shape index (κ1) is 15.9. The Morgan fingerprint density at radius 3 is 2.64 bits per heavy atom. The molecule has 8 heteroatoms. The van der Waals surface area contributed by atoms with Gasteiger partial charge < -0.3 is 0 Å². The van der Waals surface area contributed by atoms with E-state index in [1.165, 1.54) is 11.3 Å². The number of benzene rings is 1. The summed E-state index contributed by atoms with van der Waals surface area (Å²) in [4.78, 5) is 23.4. The highest BCUT2D eigenvalue weighted by molar-refractivity contribution is 7.15. The maximum atomic E-state index is 13.0. The lowest BCUT2D eigenvalue weighted by Gasteiger charge is -1.97. The average Bonchev–Trinajstić information content (AvgIpc) is 2.95. The van der Waals surface area contributed by atoms with Crippen molar-refractivity contribution in [3.63, 3.8) is 0 Å². The van der Waals surface area contributed by atoms with E-state index in [-0.39, 0.29) is 5.56 Å². The first-order valence-corrected chi connectivity index (χ1v) is 7.12. The molecule has 1 aromatic heterocycles. The Morgan fingerprint density at radius 2 is 2.00 bits per heavy atom. The van der Waals surface area contributed by atoms with Crippen LogP contribution in [0, 0.1) is 11.6 Å². The van der Waals surface area contributed by atoms with Gasteiger partial charge in [0.1, 0.15) is 5.01 Å². The quantitative estimate of drug-likeness (QED) is 0.678. The highest BCUT2D eigenvalue weighted by Gasteiger charge is 2.09. The number of allylic oxidation sites excluding steroid dienone is 1. The number of carbonyl (C=O) groups is 2. The van der Waals surface area contributed by atoms with Crippen LogP contribution in [0.2, 0.25) is 0 Å². The maximum absolute atomic E-state index is 13.0. The van der Waals surface area contributed by atoms with E-state index < -0.39 is 23.3 Å². The number of hydrogen-bond acceptors (Lipinski definition) is 5. The van der Waals surface area contributed by atoms with Gasteiger partial charge in [0.05, 0.1) is 0 Å². The summed E-state index contributed by atoms with van der Waals surface area (Å²) < 4.78 is 25.8. The number of nitrogens with one attached hydrogen (secondary N) is 1. The molecule has 1 amide bonds. The molecular weight excluding hydrogens is 312 g/mol. The van der Waals surface area contributed by atoms with Crippen molar-refractivity contribution in [2.45, 2.75) is 13.3 Å². The van der Waals surface area contributed by atoms with Gasteiger partial charge >= 0.3 is 0 Å². The lowest BCUT2D eigenvalue weighted by Crippen LogP contribution is -2.08. The number of aryl methyl sites for hydroxylation is 1. The Labute approximate surface area is 128 Å². The van der Waals surface area contributed by atoms with Crippen molar-refractivity contribution in [1.82, 2.24) is 10.2 Å². The molecule has 114 valence electrons. The number of hydrogen-bond donors (Lipinski definition) is 1. The molecule has 5 nitrogen and oxygen atoms in total. The molecule has 1 heterocycles. The van der Waals surface area contributed by atoms with Crippen LogP contribution in [0.25, 0.3) is 0 Å². The van der Waals surface area contributed by atoms with Crippen LogP contribution in [0.1, 0.15) is 22.3 Å². The van der Waals surface area contributed by atoms with Crippen LogP contribution in [0.5, 0.6) is 0 Å². The van der Waals surface area contributed by atoms with Crippen LogP contribution in [0.4, 0.5) is 13.9 Å². The third-order valence-corrected chi connectivity index (χ3v) is 3.57. The third kappa shape index (κ3) is 4.01. The minimum Gasteiger partial charge on any atom is -0.297 e. The third-order valence-electron chi connectivity index (χ3n) is 2.59. The maximum Gasteiger partial charge on any atom is 0.250 e. The summed E-state index contributed by atoms with van der Waals surface area (Å²) >= 11 is 1.23. The molecule has 0 spiro atoms. The molecule has 2 aromatic rings. The van der Waals surface area contributed by atoms with Crippen LogP contribution in [0.3, 0.4) is 0 Å². The van der Waals surface area contributed by atoms with Crippen molar-refractivity contribution in [2.24, 2.45) is 0 Å². The predicted molar refractivity (Wildman–Crippen MR) is 77.7 cm³/mol. The Bertz CT molecular complexity index is 743. The normalized spacial score (nSPS) is 10.9. The topological polar surface area (TPSA) is 72.0 Å². The van der Waals surface area contributed by atoms with Crippen LogP contribution in [0.15, 0.2) is 30.4 Å². The van der Waals surface area contributed by atoms with Crippen molar-refractivity contribution in [1.29, 1.82) is 0 Å². The molecule has 1 N–H and O–H groups in total. The number of carbonyl (C=O) groups excluding carboxylic acids is 2. The molecule has 0 atom stereocenters. The molecule has 0 saturated carbocycles. The molecule has 0 fully saturated rings. The van der Waals surface area contributed by atoms with Crippen molar-refractivity contribution < 1.29 is 18.4 Å². The minimum atomic E-state index is -1.12. The second-order valence-electron chi connectivity index (χ2n) is 4.17. The van der Waals surface area contributed by atoms with Crippen LogP contribution in [-0.2, 0) is 11.2 Å². The van der Waals surface area contributed by atoms with Gasteiger partial charge in [0, 0.05) is 11.6 Å². The highest BCUT2D eigenvalue weighted by Crippen LogP contribution is 2.15. The zero-order chi connectivity index (χ0) is 16.1. The molecule has 0 unspecified atom stereocenters. The van der Waals surface area contributed by atoms with E-state index >= 15 is 0 Å². The summed E-state index contributed by atoms with van der Waals surface area (Å²) in [7, 11) is 0. The number of rotatable bonds is 5. The van der Waals surface area contributed by atoms with Crippen LogP contribution in [-0.4, -0.2) is 21.9 Å². The van der Waals surface area contributed by atoms with Crippen molar-refractivity contribution in [3.8, 4) is 0 Å². The predicted octanol–water partition coefficient (Wildman–Crippen LogP) is 2.76. The summed E-state index contributed by atoms with van der Waals surface area (Å²) in [5, 5.41) is 11.2. The molecular formula is C14H11F2N3O2S. The fraction of sp³-hybridized carbons (Fsp3) is 0.143. The Hall–Kier alpha value is -2.48. The van der Waals surface area contributed by atoms with Gasteiger partial charge in [-0.3, -0.25) is 14.9 Å². The molecule has 1 aromatic carbocycles. The monoisotopic (exact) mass is 323 g/mol. The van der Waals surface area contributed by atoms with E-state index in [9.17, 15) is 18.4 Å². The number of amides is 1. The Kier molecular flexibility index (Phi) is 5.05. The molecule has 0 aliphatic rings. The van der Waals surface area contributed by atoms with Gasteiger partial charge in [-0.2, -0.15) is 0 Å². The van der Waals surface area contributed by atoms with E-state index in [1.807, 2.05) is 6.92 Å². The average molecular weight is 323 g/mol. The second kappa shape index (κ2) is 6.99. The van der Waals surface area contributed by atoms with Crippen molar-refractivity contribution in [2.75, 3.05) is 5.32 Å². The highest BCUT2D eigenvalue weighted by atomic mass is 32.1. The summed E-state index contributed by atoms with van der Waals surface area (Å²) in [6.45, 7) is 1.91. The molecule has 0 aliphatic carbocycles. The summed E-state index contributed by atoms with van der Waals surface area (Å²) in [6, 6.07) is 2.77. The molecule has 0 aliphatic heterocycles. The van der Waals surface area contributed by atoms with Crippen molar-refractivity contribution in [3.05, 3.63) is 52.6 Å². The minimum absolute atomic E-state index is 0.0489. The van der Waals surface area contributed by atoms with E-state index in [0.29, 0.717) is 11.6 Å². The molecule has 0 saturated heterocycles. The largest absolute Gasteiger partial charge is 0.297 e. The Balaban J connectivity index is 1.99. The van der Waals surface area contributed by atoms with Gasteiger partial charge in [0.25, 0.3) is 0 Å². The van der Waals surface area contributed by atoms with Crippen LogP contribution >= 0.6 is 11.3 Å². The van der Waals surface area contributed by atoms with Gasteiger partial charge in [-0.25, -0.2) is 8.78 Å². The van der Waals surface area contributed by atoms with E-state index in [0.717, 1.165) is 35.4 Å². The number of nitrogens with zero attached hydrogens (tertiary/aromatic N) is 2. The first-order valence-electron chi connectivity index (χ1n) is 6.30. The van der Waals surface area contributed by atoms with Gasteiger partial charge in [0.2, 0.25) is 11.0 Å². The Morgan fingerprint density at radius 1 is 1.23 bits per heavy atom. The fourth-order valence-corrected chi connectivity index (χ4v) is 2.17. The van der Waals surface area contributed by atoms with Crippen molar-refractivity contribution >= 4 is 28.2 Å². The number of aromatic nitrogens is 2. The fourth-order valence-electron chi connectivity index (χ4n) is 1.49. The van der Waals surface area contributed by atoms with Gasteiger partial charge in [0.15, 0.2) is 17.4 Å². The molecule has 2 rings (SSSR count). The summed E-state index contributed by atoms with van der Waals surface area (Å²) in [6.07, 6.45) is 2.68. The standard InChI is InChI=1S/C14H11F2N3O2S/c1-2-13-18-19-14(22-13)17-12(21)6-5-11(20)8-3-4-9(15)10(16)7-8/h3-7H,2H2,1H3,(H,17,19,21)/b6-5+. The van der Waals surface area contributed by atoms with E-state index in [2.05, 4.69) is 15.5 Å². The zero-order valence-corrected chi connectivity index (χ0v) is 12.3. The van der Waals surface area contributed by atoms with E-state index in [4.69, 9.17) is 0 Å². The number of halogens is 2. The summed E-state index contributed by atoms with van der Waals surface area (Å²) in [5.41, 5.74) is -0.0489. The molecule has 22 heavy (non-hydrogen) atoms. The van der Waals surface area contributed by atoms with Gasteiger partial charge in [-0.05, 0) is 30.7 Å². The van der Waals surface area contributed by atoms with Gasteiger partial charge in [-0.15, -0.1) is 10.2 Å². The smallest absolute Gasteiger partial charge is 0.250 e.